The molecule has 11 heteroatoms. The van der Waals surface area contributed by atoms with E-state index in [0.29, 0.717) is 31.6 Å². The lowest BCUT2D eigenvalue weighted by Crippen LogP contribution is -2.46. The summed E-state index contributed by atoms with van der Waals surface area (Å²) >= 11 is 0. The number of carbonyl (C=O) groups is 4. The van der Waals surface area contributed by atoms with Gasteiger partial charge in [0.25, 0.3) is 0 Å². The Morgan fingerprint density at radius 3 is 2.42 bits per heavy atom. The standard InChI is InChI=1S/C27H30F2N4O5/c1-27(25(36)32-26(37)30-2)11-17-3-4-22(9-19(17)12-27)31-23(34)14-33(24(35)18-5-6-38-15-18)13-16-7-20(28)10-21(29)8-16/h3-4,7-10,18H,5-6,11-15H2,1-2H3,(H,31,34)(H2,30,32,36,37). The highest BCUT2D eigenvalue weighted by Gasteiger charge is 2.40. The third-order valence-electron chi connectivity index (χ3n) is 6.87. The highest BCUT2D eigenvalue weighted by atomic mass is 19.1. The molecule has 2 unspecified atom stereocenters. The lowest BCUT2D eigenvalue weighted by Gasteiger charge is -2.25. The normalized spacial score (nSPS) is 19.9. The first-order valence-corrected chi connectivity index (χ1v) is 12.3. The molecule has 38 heavy (non-hydrogen) atoms. The van der Waals surface area contributed by atoms with Crippen molar-refractivity contribution in [1.29, 1.82) is 0 Å². The smallest absolute Gasteiger partial charge is 0.321 e. The number of nitrogens with zero attached hydrogens (tertiary/aromatic N) is 1. The number of amides is 5. The lowest BCUT2D eigenvalue weighted by molar-refractivity contribution is -0.139. The van der Waals surface area contributed by atoms with E-state index in [1.807, 2.05) is 6.07 Å². The number of hydrogen-bond acceptors (Lipinski definition) is 5. The molecule has 0 saturated carbocycles. The van der Waals surface area contributed by atoms with E-state index >= 15 is 0 Å². The van der Waals surface area contributed by atoms with Gasteiger partial charge >= 0.3 is 6.03 Å². The molecule has 3 N–H and O–H groups in total. The fourth-order valence-corrected chi connectivity index (χ4v) is 4.92. The first-order valence-electron chi connectivity index (χ1n) is 12.3. The second-order valence-electron chi connectivity index (χ2n) is 10.0. The number of anilines is 1. The Morgan fingerprint density at radius 2 is 1.76 bits per heavy atom. The summed E-state index contributed by atoms with van der Waals surface area (Å²) in [7, 11) is 1.43. The van der Waals surface area contributed by atoms with Crippen LogP contribution in [0.3, 0.4) is 0 Å². The second kappa shape index (κ2) is 11.3. The molecule has 2 aromatic carbocycles. The minimum absolute atomic E-state index is 0.138. The molecule has 2 atom stereocenters. The van der Waals surface area contributed by atoms with E-state index in [1.165, 1.54) is 11.9 Å². The van der Waals surface area contributed by atoms with Crippen molar-refractivity contribution < 1.29 is 32.7 Å². The third kappa shape index (κ3) is 6.34. The first-order chi connectivity index (χ1) is 18.1. The van der Waals surface area contributed by atoms with E-state index < -0.39 is 40.8 Å². The van der Waals surface area contributed by atoms with Crippen molar-refractivity contribution in [3.05, 3.63) is 64.7 Å². The van der Waals surface area contributed by atoms with Crippen LogP contribution in [-0.2, 0) is 38.5 Å². The third-order valence-corrected chi connectivity index (χ3v) is 6.87. The second-order valence-corrected chi connectivity index (χ2v) is 10.0. The Hall–Kier alpha value is -3.86. The van der Waals surface area contributed by atoms with Crippen LogP contribution in [0.5, 0.6) is 0 Å². The van der Waals surface area contributed by atoms with Gasteiger partial charge in [0.1, 0.15) is 18.2 Å². The van der Waals surface area contributed by atoms with Gasteiger partial charge in [0.2, 0.25) is 17.7 Å². The Balaban J connectivity index is 1.45. The topological polar surface area (TPSA) is 117 Å². The molecule has 5 amide bonds. The molecular formula is C27H30F2N4O5. The van der Waals surface area contributed by atoms with Gasteiger partial charge in [-0.05, 0) is 60.2 Å². The monoisotopic (exact) mass is 528 g/mol. The van der Waals surface area contributed by atoms with Crippen LogP contribution in [0.25, 0.3) is 0 Å². The maximum Gasteiger partial charge on any atom is 0.321 e. The summed E-state index contributed by atoms with van der Waals surface area (Å²) in [5.41, 5.74) is 1.70. The number of imide groups is 1. The number of rotatable bonds is 7. The van der Waals surface area contributed by atoms with Crippen LogP contribution >= 0.6 is 0 Å². The highest BCUT2D eigenvalue weighted by Crippen LogP contribution is 2.38. The van der Waals surface area contributed by atoms with Crippen molar-refractivity contribution in [2.75, 3.05) is 32.1 Å². The number of ether oxygens (including phenoxy) is 1. The predicted molar refractivity (Wildman–Crippen MR) is 134 cm³/mol. The number of hydrogen-bond donors (Lipinski definition) is 3. The molecule has 0 radical (unpaired) electrons. The van der Waals surface area contributed by atoms with Gasteiger partial charge in [-0.3, -0.25) is 19.7 Å². The average molecular weight is 529 g/mol. The van der Waals surface area contributed by atoms with Crippen molar-refractivity contribution >= 4 is 29.4 Å². The van der Waals surface area contributed by atoms with E-state index in [4.69, 9.17) is 4.74 Å². The van der Waals surface area contributed by atoms with Crippen molar-refractivity contribution in [3.8, 4) is 0 Å². The molecule has 2 aliphatic rings. The van der Waals surface area contributed by atoms with E-state index in [1.54, 1.807) is 19.1 Å². The van der Waals surface area contributed by atoms with Crippen molar-refractivity contribution in [2.24, 2.45) is 11.3 Å². The van der Waals surface area contributed by atoms with Gasteiger partial charge in [0.15, 0.2) is 0 Å². The summed E-state index contributed by atoms with van der Waals surface area (Å²) in [4.78, 5) is 51.5. The van der Waals surface area contributed by atoms with Crippen LogP contribution in [0.1, 0.15) is 30.0 Å². The summed E-state index contributed by atoms with van der Waals surface area (Å²) in [5.74, 6) is -3.16. The Kier molecular flexibility index (Phi) is 8.05. The van der Waals surface area contributed by atoms with E-state index in [0.717, 1.165) is 29.3 Å². The summed E-state index contributed by atoms with van der Waals surface area (Å²) in [6.45, 7) is 1.97. The van der Waals surface area contributed by atoms with Crippen molar-refractivity contribution in [1.82, 2.24) is 15.5 Å². The van der Waals surface area contributed by atoms with Crippen molar-refractivity contribution in [3.63, 3.8) is 0 Å². The number of carbonyl (C=O) groups excluding carboxylic acids is 4. The van der Waals surface area contributed by atoms with E-state index in [2.05, 4.69) is 16.0 Å². The lowest BCUT2D eigenvalue weighted by atomic mass is 9.86. The van der Waals surface area contributed by atoms with Crippen LogP contribution < -0.4 is 16.0 Å². The van der Waals surface area contributed by atoms with Gasteiger partial charge in [-0.15, -0.1) is 0 Å². The molecule has 1 saturated heterocycles. The number of halogens is 2. The predicted octanol–water partition coefficient (Wildman–Crippen LogP) is 2.53. The molecule has 4 rings (SSSR count). The van der Waals surface area contributed by atoms with Crippen molar-refractivity contribution in [2.45, 2.75) is 32.7 Å². The van der Waals surface area contributed by atoms with Crippen LogP contribution in [0, 0.1) is 23.0 Å². The SMILES string of the molecule is CNC(=O)NC(=O)C1(C)Cc2ccc(NC(=O)CN(Cc3cc(F)cc(F)c3)C(=O)C3CCOC3)cc2C1. The highest BCUT2D eigenvalue weighted by molar-refractivity contribution is 5.98. The Morgan fingerprint density at radius 1 is 1.05 bits per heavy atom. The minimum atomic E-state index is -0.815. The molecule has 1 aliphatic heterocycles. The van der Waals surface area contributed by atoms with E-state index in [-0.39, 0.29) is 31.2 Å². The Bertz CT molecular complexity index is 1240. The number of fused-ring (bicyclic) bond motifs is 1. The molecule has 0 spiro atoms. The van der Waals surface area contributed by atoms with Gasteiger partial charge in [-0.25, -0.2) is 13.6 Å². The molecule has 9 nitrogen and oxygen atoms in total. The number of nitrogens with one attached hydrogen (secondary N) is 3. The van der Waals surface area contributed by atoms with Crippen LogP contribution in [0.2, 0.25) is 0 Å². The fraction of sp³-hybridized carbons (Fsp3) is 0.407. The molecular weight excluding hydrogens is 498 g/mol. The first kappa shape index (κ1) is 27.2. The molecule has 0 bridgehead atoms. The molecule has 1 fully saturated rings. The summed E-state index contributed by atoms with van der Waals surface area (Å²) in [6.07, 6.45) is 1.33. The van der Waals surface area contributed by atoms with Crippen LogP contribution in [0.15, 0.2) is 36.4 Å². The van der Waals surface area contributed by atoms with E-state index in [9.17, 15) is 28.0 Å². The molecule has 1 heterocycles. The zero-order chi connectivity index (χ0) is 27.4. The van der Waals surface area contributed by atoms with Gasteiger partial charge in [0.05, 0.1) is 17.9 Å². The maximum atomic E-state index is 13.7. The molecule has 2 aromatic rings. The van der Waals surface area contributed by atoms with Gasteiger partial charge in [-0.1, -0.05) is 13.0 Å². The largest absolute Gasteiger partial charge is 0.381 e. The number of urea groups is 1. The summed E-state index contributed by atoms with van der Waals surface area (Å²) in [6, 6.07) is 7.72. The van der Waals surface area contributed by atoms with Gasteiger partial charge in [0, 0.05) is 32.0 Å². The minimum Gasteiger partial charge on any atom is -0.381 e. The average Bonchev–Trinajstić information content (AvgIpc) is 3.50. The zero-order valence-corrected chi connectivity index (χ0v) is 21.2. The van der Waals surface area contributed by atoms with Gasteiger partial charge in [-0.2, -0.15) is 0 Å². The molecule has 1 aliphatic carbocycles. The van der Waals surface area contributed by atoms with Gasteiger partial charge < -0.3 is 20.3 Å². The quantitative estimate of drug-likeness (QED) is 0.511. The number of benzene rings is 2. The van der Waals surface area contributed by atoms with Crippen LogP contribution in [0.4, 0.5) is 19.3 Å². The molecule has 0 aromatic heterocycles. The summed E-state index contributed by atoms with van der Waals surface area (Å²) < 4.78 is 32.8. The van der Waals surface area contributed by atoms with Crippen LogP contribution in [-0.4, -0.2) is 55.5 Å². The summed E-state index contributed by atoms with van der Waals surface area (Å²) in [5, 5.41) is 7.46. The maximum absolute atomic E-state index is 13.7. The Labute approximate surface area is 218 Å². The fourth-order valence-electron chi connectivity index (χ4n) is 4.92. The zero-order valence-electron chi connectivity index (χ0n) is 21.2. The molecule has 202 valence electrons.